The maximum absolute atomic E-state index is 9.04. The molecule has 0 saturated heterocycles. The molecule has 0 amide bonds. The Hall–Kier alpha value is -0.960. The number of unbranched alkanes of at least 4 members (excludes halogenated alkanes) is 11. The summed E-state index contributed by atoms with van der Waals surface area (Å²) in [6, 6.07) is 0. The molecule has 3 nitrogen and oxygen atoms in total. The van der Waals surface area contributed by atoms with Crippen molar-refractivity contribution in [1.82, 2.24) is 10.2 Å². The molecule has 0 saturated carbocycles. The number of β-amino-alcohol motifs (C(OH)–C–C–N with tert-alkyl or cyclic N) is 1. The van der Waals surface area contributed by atoms with Crippen LogP contribution in [-0.2, 0) is 0 Å². The van der Waals surface area contributed by atoms with Gasteiger partial charge in [-0.2, -0.15) is 0 Å². The minimum atomic E-state index is 0.235. The highest BCUT2D eigenvalue weighted by molar-refractivity contribution is 4.93. The van der Waals surface area contributed by atoms with Gasteiger partial charge in [-0.05, 0) is 32.1 Å². The van der Waals surface area contributed by atoms with Crippen molar-refractivity contribution in [1.29, 1.82) is 0 Å². The van der Waals surface area contributed by atoms with Crippen LogP contribution in [-0.4, -0.2) is 29.3 Å². The molecule has 0 aromatic carbocycles. The minimum Gasteiger partial charge on any atom is -0.395 e. The largest absolute Gasteiger partial charge is 0.395 e. The predicted molar refractivity (Wildman–Crippen MR) is 109 cm³/mol. The van der Waals surface area contributed by atoms with E-state index in [2.05, 4.69) is 35.5 Å². The molecule has 1 aliphatic heterocycles. The second-order valence-electron chi connectivity index (χ2n) is 7.31. The van der Waals surface area contributed by atoms with Gasteiger partial charge in [0.25, 0.3) is 0 Å². The third-order valence-corrected chi connectivity index (χ3v) is 5.06. The zero-order chi connectivity index (χ0) is 18.0. The number of hydrogen-bond acceptors (Lipinski definition) is 3. The van der Waals surface area contributed by atoms with Crippen LogP contribution in [0, 0.1) is 0 Å². The first-order chi connectivity index (χ1) is 12.4. The van der Waals surface area contributed by atoms with E-state index < -0.39 is 0 Å². The van der Waals surface area contributed by atoms with Crippen molar-refractivity contribution in [2.45, 2.75) is 103 Å². The van der Waals surface area contributed by atoms with Gasteiger partial charge in [0.1, 0.15) is 0 Å². The zero-order valence-corrected chi connectivity index (χ0v) is 16.6. The van der Waals surface area contributed by atoms with Gasteiger partial charge in [0.2, 0.25) is 0 Å². The van der Waals surface area contributed by atoms with Gasteiger partial charge in [-0.1, -0.05) is 76.9 Å². The third kappa shape index (κ3) is 12.1. The van der Waals surface area contributed by atoms with Crippen LogP contribution in [0.5, 0.6) is 0 Å². The fourth-order valence-corrected chi connectivity index (χ4v) is 3.52. The average Bonchev–Trinajstić information content (AvgIpc) is 3.06. The molecule has 1 rings (SSSR count). The smallest absolute Gasteiger partial charge is 0.0982 e. The molecule has 1 heterocycles. The molecule has 0 fully saturated rings. The zero-order valence-electron chi connectivity index (χ0n) is 16.6. The van der Waals surface area contributed by atoms with E-state index in [1.165, 1.54) is 89.9 Å². The molecular formula is C22H42N2O. The number of hydrogen-bond donors (Lipinski definition) is 2. The summed E-state index contributed by atoms with van der Waals surface area (Å²) < 4.78 is 0. The maximum Gasteiger partial charge on any atom is 0.0982 e. The molecule has 1 atom stereocenters. The predicted octanol–water partition coefficient (Wildman–Crippen LogP) is 5.72. The average molecular weight is 351 g/mol. The van der Waals surface area contributed by atoms with E-state index in [9.17, 15) is 0 Å². The summed E-state index contributed by atoms with van der Waals surface area (Å²) in [6.45, 7) is 3.18. The fourth-order valence-electron chi connectivity index (χ4n) is 3.52. The SMILES string of the molecule is CC/C=C/CCCCCCCCCCCCCC1NC=CN1CCO. The second kappa shape index (κ2) is 16.5. The van der Waals surface area contributed by atoms with E-state index >= 15 is 0 Å². The van der Waals surface area contributed by atoms with E-state index in [-0.39, 0.29) is 6.61 Å². The van der Waals surface area contributed by atoms with Crippen molar-refractivity contribution in [3.8, 4) is 0 Å². The maximum atomic E-state index is 9.04. The van der Waals surface area contributed by atoms with Gasteiger partial charge in [-0.15, -0.1) is 0 Å². The van der Waals surface area contributed by atoms with E-state index in [0.717, 1.165) is 6.54 Å². The molecule has 25 heavy (non-hydrogen) atoms. The van der Waals surface area contributed by atoms with Crippen LogP contribution in [0.2, 0.25) is 0 Å². The van der Waals surface area contributed by atoms with Crippen LogP contribution in [0.4, 0.5) is 0 Å². The third-order valence-electron chi connectivity index (χ3n) is 5.06. The number of aliphatic hydroxyl groups excluding tert-OH is 1. The van der Waals surface area contributed by atoms with Gasteiger partial charge in [-0.3, -0.25) is 0 Å². The lowest BCUT2D eigenvalue weighted by molar-refractivity contribution is 0.194. The van der Waals surface area contributed by atoms with Crippen LogP contribution in [0.15, 0.2) is 24.6 Å². The van der Waals surface area contributed by atoms with Crippen LogP contribution >= 0.6 is 0 Å². The number of nitrogens with one attached hydrogen (secondary N) is 1. The van der Waals surface area contributed by atoms with Crippen LogP contribution in [0.1, 0.15) is 96.8 Å². The Morgan fingerprint density at radius 1 is 0.880 bits per heavy atom. The normalized spacial score (nSPS) is 16.9. The molecular weight excluding hydrogens is 308 g/mol. The van der Waals surface area contributed by atoms with Gasteiger partial charge in [0, 0.05) is 18.9 Å². The lowest BCUT2D eigenvalue weighted by Crippen LogP contribution is -2.36. The first kappa shape index (κ1) is 22.1. The summed E-state index contributed by atoms with van der Waals surface area (Å²) in [7, 11) is 0. The highest BCUT2D eigenvalue weighted by Gasteiger charge is 2.16. The highest BCUT2D eigenvalue weighted by Crippen LogP contribution is 2.15. The Kier molecular flexibility index (Phi) is 14.6. The van der Waals surface area contributed by atoms with Crippen molar-refractivity contribution in [2.75, 3.05) is 13.2 Å². The summed E-state index contributed by atoms with van der Waals surface area (Å²) in [5.74, 6) is 0. The quantitative estimate of drug-likeness (QED) is 0.260. The number of rotatable bonds is 17. The molecule has 0 bridgehead atoms. The van der Waals surface area contributed by atoms with Crippen molar-refractivity contribution in [3.63, 3.8) is 0 Å². The fraction of sp³-hybridized carbons (Fsp3) is 0.818. The first-order valence-electron chi connectivity index (χ1n) is 10.8. The Balaban J connectivity index is 1.77. The van der Waals surface area contributed by atoms with Crippen LogP contribution in [0.25, 0.3) is 0 Å². The van der Waals surface area contributed by atoms with E-state index in [1.54, 1.807) is 0 Å². The van der Waals surface area contributed by atoms with Gasteiger partial charge in [-0.25, -0.2) is 0 Å². The van der Waals surface area contributed by atoms with Crippen molar-refractivity contribution >= 4 is 0 Å². The lowest BCUT2D eigenvalue weighted by Gasteiger charge is -2.24. The molecule has 1 unspecified atom stereocenters. The standard InChI is InChI=1S/C22H42N2O/c1-2-3-4-5-6-7-8-9-10-11-12-13-14-15-16-17-22-23-18-19-24(22)20-21-25/h3-4,18-19,22-23,25H,2,5-17,20-21H2,1H3/b4-3+. The molecule has 0 spiro atoms. The highest BCUT2D eigenvalue weighted by atomic mass is 16.3. The number of allylic oxidation sites excluding steroid dienone is 2. The Morgan fingerprint density at radius 3 is 2.08 bits per heavy atom. The number of aliphatic hydroxyl groups is 1. The molecule has 3 heteroatoms. The van der Waals surface area contributed by atoms with Crippen molar-refractivity contribution in [3.05, 3.63) is 24.6 Å². The van der Waals surface area contributed by atoms with Gasteiger partial charge >= 0.3 is 0 Å². The summed E-state index contributed by atoms with van der Waals surface area (Å²) >= 11 is 0. The summed E-state index contributed by atoms with van der Waals surface area (Å²) in [6.07, 6.45) is 28.0. The molecule has 2 N–H and O–H groups in total. The summed E-state index contributed by atoms with van der Waals surface area (Å²) in [4.78, 5) is 2.21. The molecule has 0 aromatic rings. The van der Waals surface area contributed by atoms with Crippen molar-refractivity contribution < 1.29 is 5.11 Å². The second-order valence-corrected chi connectivity index (χ2v) is 7.31. The van der Waals surface area contributed by atoms with Crippen LogP contribution in [0.3, 0.4) is 0 Å². The van der Waals surface area contributed by atoms with E-state index in [1.807, 2.05) is 6.20 Å². The van der Waals surface area contributed by atoms with E-state index in [4.69, 9.17) is 5.11 Å². The lowest BCUT2D eigenvalue weighted by atomic mass is 10.0. The van der Waals surface area contributed by atoms with Gasteiger partial charge < -0.3 is 15.3 Å². The molecule has 1 aliphatic rings. The van der Waals surface area contributed by atoms with E-state index in [0.29, 0.717) is 6.17 Å². The van der Waals surface area contributed by atoms with Gasteiger partial charge in [0.05, 0.1) is 12.8 Å². The monoisotopic (exact) mass is 350 g/mol. The van der Waals surface area contributed by atoms with Crippen LogP contribution < -0.4 is 5.32 Å². The molecule has 0 aliphatic carbocycles. The Bertz CT molecular complexity index is 341. The topological polar surface area (TPSA) is 35.5 Å². The number of nitrogens with zero attached hydrogens (tertiary/aromatic N) is 1. The van der Waals surface area contributed by atoms with Gasteiger partial charge in [0.15, 0.2) is 0 Å². The summed E-state index contributed by atoms with van der Waals surface area (Å²) in [5, 5.41) is 12.4. The summed E-state index contributed by atoms with van der Waals surface area (Å²) in [5.41, 5.74) is 0. The molecule has 0 radical (unpaired) electrons. The molecule has 0 aromatic heterocycles. The Labute approximate surface area is 156 Å². The van der Waals surface area contributed by atoms with Crippen molar-refractivity contribution in [2.24, 2.45) is 0 Å². The molecule has 146 valence electrons. The first-order valence-corrected chi connectivity index (χ1v) is 10.8. The Morgan fingerprint density at radius 2 is 1.48 bits per heavy atom. The minimum absolute atomic E-state index is 0.235.